The Labute approximate surface area is 211 Å². The second-order valence-electron chi connectivity index (χ2n) is 8.56. The Morgan fingerprint density at radius 1 is 1.14 bits per heavy atom. The monoisotopic (exact) mass is 528 g/mol. The van der Waals surface area contributed by atoms with Crippen LogP contribution in [0.2, 0.25) is 10.0 Å². The number of carbonyl (C=O) groups excluding carboxylic acids is 1. The number of amides is 1. The fraction of sp³-hybridized carbons (Fsp3) is 0.360. The summed E-state index contributed by atoms with van der Waals surface area (Å²) < 4.78 is 39.3. The Kier molecular flexibility index (Phi) is 8.38. The molecule has 0 radical (unpaired) electrons. The minimum Gasteiger partial charge on any atom is -0.481 e. The summed E-state index contributed by atoms with van der Waals surface area (Å²) in [5.41, 5.74) is 1.06. The quantitative estimate of drug-likeness (QED) is 0.479. The van der Waals surface area contributed by atoms with Crippen LogP contribution in [0.1, 0.15) is 39.9 Å². The average Bonchev–Trinajstić information content (AvgIpc) is 2.80. The molecule has 1 amide bonds. The van der Waals surface area contributed by atoms with E-state index in [0.29, 0.717) is 47.8 Å². The van der Waals surface area contributed by atoms with Gasteiger partial charge in [0.25, 0.3) is 5.91 Å². The molecule has 0 bridgehead atoms. The SMILES string of the molecule is CN(C)c1cc(C(F)(F)F)ccc1/C=C/Cc1c(Cl)ccc(C(=O)N2CCC(C(=O)O)CC2)c1Cl. The number of carbonyl (C=O) groups is 2. The highest BCUT2D eigenvalue weighted by Crippen LogP contribution is 2.34. The number of halogens is 5. The maximum Gasteiger partial charge on any atom is 0.416 e. The number of allylic oxidation sites excluding steroid dienone is 1. The molecule has 2 aromatic rings. The molecule has 0 spiro atoms. The number of aliphatic carboxylic acids is 1. The van der Waals surface area contributed by atoms with Crippen LogP contribution in [0.25, 0.3) is 6.08 Å². The molecule has 1 aliphatic rings. The van der Waals surface area contributed by atoms with Gasteiger partial charge >= 0.3 is 12.1 Å². The molecular formula is C25H25Cl2F3N2O3. The van der Waals surface area contributed by atoms with Gasteiger partial charge < -0.3 is 14.9 Å². The minimum atomic E-state index is -4.44. The summed E-state index contributed by atoms with van der Waals surface area (Å²) >= 11 is 12.9. The second-order valence-corrected chi connectivity index (χ2v) is 9.35. The van der Waals surface area contributed by atoms with Crippen LogP contribution in [0.3, 0.4) is 0 Å². The number of nitrogens with zero attached hydrogens (tertiary/aromatic N) is 2. The van der Waals surface area contributed by atoms with E-state index >= 15 is 0 Å². The minimum absolute atomic E-state index is 0.202. The molecular weight excluding hydrogens is 504 g/mol. The number of piperidine rings is 1. The van der Waals surface area contributed by atoms with Gasteiger partial charge in [-0.1, -0.05) is 41.4 Å². The number of anilines is 1. The van der Waals surface area contributed by atoms with Gasteiger partial charge in [-0.25, -0.2) is 0 Å². The van der Waals surface area contributed by atoms with Crippen molar-refractivity contribution in [2.45, 2.75) is 25.4 Å². The standard InChI is InChI=1S/C25H25Cl2F3N2O3/c1-31(2)21-14-17(25(28,29)30)7-6-15(21)4-3-5-18-20(26)9-8-19(22(18)27)23(33)32-12-10-16(11-13-32)24(34)35/h3-4,6-9,14,16H,5,10-13H2,1-2H3,(H,34,35)/b4-3+. The van der Waals surface area contributed by atoms with E-state index in [9.17, 15) is 22.8 Å². The number of benzene rings is 2. The third-order valence-electron chi connectivity index (χ3n) is 6.01. The van der Waals surface area contributed by atoms with Crippen LogP contribution in [0, 0.1) is 5.92 Å². The second kappa shape index (κ2) is 10.9. The predicted molar refractivity (Wildman–Crippen MR) is 131 cm³/mol. The van der Waals surface area contributed by atoms with Crippen LogP contribution < -0.4 is 4.90 Å². The molecule has 1 fully saturated rings. The van der Waals surface area contributed by atoms with Crippen molar-refractivity contribution in [2.75, 3.05) is 32.1 Å². The van der Waals surface area contributed by atoms with Crippen LogP contribution >= 0.6 is 23.2 Å². The van der Waals surface area contributed by atoms with Gasteiger partial charge in [-0.2, -0.15) is 13.2 Å². The predicted octanol–water partition coefficient (Wildman–Crippen LogP) is 6.27. The van der Waals surface area contributed by atoms with Crippen molar-refractivity contribution < 1.29 is 27.9 Å². The fourth-order valence-electron chi connectivity index (χ4n) is 4.00. The van der Waals surface area contributed by atoms with Gasteiger partial charge in [0.1, 0.15) is 0 Å². The molecule has 0 unspecified atom stereocenters. The topological polar surface area (TPSA) is 60.9 Å². The molecule has 0 saturated carbocycles. The van der Waals surface area contributed by atoms with Gasteiger partial charge in [-0.05, 0) is 54.7 Å². The smallest absolute Gasteiger partial charge is 0.416 e. The zero-order valence-electron chi connectivity index (χ0n) is 19.2. The van der Waals surface area contributed by atoms with E-state index in [1.807, 2.05) is 0 Å². The van der Waals surface area contributed by atoms with Crippen LogP contribution in [0.5, 0.6) is 0 Å². The maximum atomic E-state index is 13.1. The van der Waals surface area contributed by atoms with Crippen LogP contribution in [0.4, 0.5) is 18.9 Å². The van der Waals surface area contributed by atoms with E-state index in [2.05, 4.69) is 0 Å². The number of hydrogen-bond acceptors (Lipinski definition) is 3. The molecule has 188 valence electrons. The Bertz CT molecular complexity index is 1140. The Hall–Kier alpha value is -2.71. The zero-order valence-corrected chi connectivity index (χ0v) is 20.7. The summed E-state index contributed by atoms with van der Waals surface area (Å²) in [5, 5.41) is 9.72. The number of likely N-dealkylation sites (tertiary alicyclic amines) is 1. The molecule has 1 N–H and O–H groups in total. The summed E-state index contributed by atoms with van der Waals surface area (Å²) in [4.78, 5) is 27.4. The number of hydrogen-bond donors (Lipinski definition) is 1. The first-order valence-corrected chi connectivity index (χ1v) is 11.7. The van der Waals surface area contributed by atoms with Crippen LogP contribution in [0.15, 0.2) is 36.4 Å². The molecule has 1 heterocycles. The van der Waals surface area contributed by atoms with E-state index in [4.69, 9.17) is 28.3 Å². The van der Waals surface area contributed by atoms with Gasteiger partial charge in [0.2, 0.25) is 0 Å². The lowest BCUT2D eigenvalue weighted by atomic mass is 9.96. The van der Waals surface area contributed by atoms with E-state index in [-0.39, 0.29) is 22.9 Å². The highest BCUT2D eigenvalue weighted by Gasteiger charge is 2.31. The van der Waals surface area contributed by atoms with Gasteiger partial charge in [0.05, 0.1) is 22.1 Å². The summed E-state index contributed by atoms with van der Waals surface area (Å²) in [5.74, 6) is -1.61. The Morgan fingerprint density at radius 3 is 2.37 bits per heavy atom. The maximum absolute atomic E-state index is 13.1. The van der Waals surface area contributed by atoms with Crippen molar-refractivity contribution >= 4 is 46.8 Å². The summed E-state index contributed by atoms with van der Waals surface area (Å²) in [7, 11) is 3.32. The number of alkyl halides is 3. The van der Waals surface area contributed by atoms with Gasteiger partial charge in [-0.15, -0.1) is 0 Å². The van der Waals surface area contributed by atoms with E-state index in [1.165, 1.54) is 6.07 Å². The molecule has 0 atom stereocenters. The lowest BCUT2D eigenvalue weighted by molar-refractivity contribution is -0.143. The first kappa shape index (κ1) is 26.9. The molecule has 35 heavy (non-hydrogen) atoms. The Morgan fingerprint density at radius 2 is 1.80 bits per heavy atom. The molecule has 0 aliphatic carbocycles. The summed E-state index contributed by atoms with van der Waals surface area (Å²) in [6, 6.07) is 6.64. The molecule has 5 nitrogen and oxygen atoms in total. The fourth-order valence-corrected chi connectivity index (χ4v) is 4.61. The lowest BCUT2D eigenvalue weighted by Gasteiger charge is -2.30. The highest BCUT2D eigenvalue weighted by molar-refractivity contribution is 6.38. The zero-order chi connectivity index (χ0) is 25.9. The molecule has 0 aromatic heterocycles. The first-order valence-electron chi connectivity index (χ1n) is 10.9. The number of carboxylic acid groups (broad SMARTS) is 1. The first-order chi connectivity index (χ1) is 16.4. The molecule has 1 aliphatic heterocycles. The van der Waals surface area contributed by atoms with Crippen LogP contribution in [-0.4, -0.2) is 49.1 Å². The number of carboxylic acids is 1. The largest absolute Gasteiger partial charge is 0.481 e. The third kappa shape index (κ3) is 6.30. The molecule has 3 rings (SSSR count). The summed E-state index contributed by atoms with van der Waals surface area (Å²) in [6.07, 6.45) is -0.00721. The Balaban J connectivity index is 1.80. The van der Waals surface area contributed by atoms with Gasteiger partial charge in [0, 0.05) is 37.9 Å². The van der Waals surface area contributed by atoms with Gasteiger partial charge in [-0.3, -0.25) is 9.59 Å². The van der Waals surface area contributed by atoms with E-state index in [0.717, 1.165) is 12.1 Å². The van der Waals surface area contributed by atoms with E-state index < -0.39 is 23.6 Å². The summed E-state index contributed by atoms with van der Waals surface area (Å²) in [6.45, 7) is 0.649. The highest BCUT2D eigenvalue weighted by atomic mass is 35.5. The van der Waals surface area contributed by atoms with Crippen molar-refractivity contribution in [3.63, 3.8) is 0 Å². The third-order valence-corrected chi connectivity index (χ3v) is 6.79. The molecule has 10 heteroatoms. The normalized spacial score (nSPS) is 15.0. The lowest BCUT2D eigenvalue weighted by Crippen LogP contribution is -2.40. The number of rotatable bonds is 6. The van der Waals surface area contributed by atoms with Crippen LogP contribution in [-0.2, 0) is 17.4 Å². The average molecular weight is 529 g/mol. The van der Waals surface area contributed by atoms with Crippen molar-refractivity contribution in [2.24, 2.45) is 5.92 Å². The molecule has 2 aromatic carbocycles. The van der Waals surface area contributed by atoms with Gasteiger partial charge in [0.15, 0.2) is 0 Å². The molecule has 1 saturated heterocycles. The van der Waals surface area contributed by atoms with Crippen molar-refractivity contribution in [1.82, 2.24) is 4.90 Å². The van der Waals surface area contributed by atoms with Crippen molar-refractivity contribution in [1.29, 1.82) is 0 Å². The van der Waals surface area contributed by atoms with Crippen molar-refractivity contribution in [3.8, 4) is 0 Å². The van der Waals surface area contributed by atoms with E-state index in [1.54, 1.807) is 48.2 Å². The van der Waals surface area contributed by atoms with Crippen molar-refractivity contribution in [3.05, 3.63) is 68.7 Å².